The zero-order chi connectivity index (χ0) is 11.6. The molecule has 0 atom stereocenters. The van der Waals surface area contributed by atoms with Crippen molar-refractivity contribution in [3.63, 3.8) is 0 Å². The minimum absolute atomic E-state index is 0.0537. The van der Waals surface area contributed by atoms with Crippen molar-refractivity contribution in [1.82, 2.24) is 0 Å². The Kier molecular flexibility index (Phi) is 3.72. The predicted molar refractivity (Wildman–Crippen MR) is 54.8 cm³/mol. The molecule has 7 heteroatoms. The van der Waals surface area contributed by atoms with Crippen LogP contribution in [0.1, 0.15) is 5.56 Å². The van der Waals surface area contributed by atoms with Gasteiger partial charge in [0.05, 0.1) is 10.2 Å². The van der Waals surface area contributed by atoms with E-state index in [0.717, 1.165) is 6.07 Å². The Hall–Kier alpha value is -0.620. The highest BCUT2D eigenvalue weighted by atomic mass is 79.9. The molecule has 15 heavy (non-hydrogen) atoms. The Morgan fingerprint density at radius 3 is 2.47 bits per heavy atom. The Morgan fingerprint density at radius 1 is 1.40 bits per heavy atom. The van der Waals surface area contributed by atoms with E-state index in [-0.39, 0.29) is 21.8 Å². The van der Waals surface area contributed by atoms with Gasteiger partial charge in [0, 0.05) is 5.88 Å². The van der Waals surface area contributed by atoms with Gasteiger partial charge in [0.25, 0.3) is 0 Å². The maximum absolute atomic E-state index is 11.9. The van der Waals surface area contributed by atoms with Gasteiger partial charge in [0.1, 0.15) is 5.75 Å². The first-order valence-electron chi connectivity index (χ1n) is 3.73. The number of rotatable bonds is 2. The first-order chi connectivity index (χ1) is 6.85. The van der Waals surface area contributed by atoms with Gasteiger partial charge < -0.3 is 10.5 Å². The lowest BCUT2D eigenvalue weighted by atomic mass is 10.2. The van der Waals surface area contributed by atoms with Crippen LogP contribution in [0, 0.1) is 0 Å². The standard InChI is InChI=1S/C8H6BrClF3NO/c9-6-5(15-8(11,12)13)2-1-4(3-10)7(6)14/h1-2H,3,14H2. The van der Waals surface area contributed by atoms with E-state index in [9.17, 15) is 13.2 Å². The van der Waals surface area contributed by atoms with E-state index in [1.54, 1.807) is 0 Å². The van der Waals surface area contributed by atoms with Crippen LogP contribution < -0.4 is 10.5 Å². The van der Waals surface area contributed by atoms with E-state index >= 15 is 0 Å². The Balaban J connectivity index is 3.07. The average molecular weight is 304 g/mol. The summed E-state index contributed by atoms with van der Waals surface area (Å²) < 4.78 is 39.6. The fourth-order valence-electron chi connectivity index (χ4n) is 0.933. The van der Waals surface area contributed by atoms with Crippen molar-refractivity contribution < 1.29 is 17.9 Å². The Labute approximate surface area is 97.3 Å². The molecule has 1 aromatic rings. The Bertz CT molecular complexity index is 370. The second kappa shape index (κ2) is 4.49. The van der Waals surface area contributed by atoms with Crippen LogP contribution >= 0.6 is 27.5 Å². The fraction of sp³-hybridized carbons (Fsp3) is 0.250. The molecule has 0 radical (unpaired) electrons. The normalized spacial score (nSPS) is 11.5. The summed E-state index contributed by atoms with van der Waals surface area (Å²) in [5, 5.41) is 0. The number of hydrogen-bond acceptors (Lipinski definition) is 2. The molecule has 0 bridgehead atoms. The lowest BCUT2D eigenvalue weighted by Crippen LogP contribution is -2.17. The third-order valence-corrected chi connectivity index (χ3v) is 2.71. The summed E-state index contributed by atoms with van der Waals surface area (Å²) in [6.07, 6.45) is -4.74. The highest BCUT2D eigenvalue weighted by Gasteiger charge is 2.32. The first kappa shape index (κ1) is 12.4. The molecule has 0 aliphatic heterocycles. The molecular formula is C8H6BrClF3NO. The highest BCUT2D eigenvalue weighted by Crippen LogP contribution is 2.36. The number of ether oxygens (including phenoxy) is 1. The molecule has 2 N–H and O–H groups in total. The van der Waals surface area contributed by atoms with Crippen LogP contribution in [0.4, 0.5) is 18.9 Å². The minimum atomic E-state index is -4.74. The summed E-state index contributed by atoms with van der Waals surface area (Å²) in [4.78, 5) is 0. The minimum Gasteiger partial charge on any atom is -0.405 e. The van der Waals surface area contributed by atoms with Gasteiger partial charge in [-0.2, -0.15) is 0 Å². The van der Waals surface area contributed by atoms with Crippen molar-refractivity contribution in [2.75, 3.05) is 5.73 Å². The molecule has 0 aliphatic carbocycles. The van der Waals surface area contributed by atoms with E-state index in [0.29, 0.717) is 5.56 Å². The van der Waals surface area contributed by atoms with Crippen LogP contribution in [0.2, 0.25) is 0 Å². The van der Waals surface area contributed by atoms with E-state index < -0.39 is 6.36 Å². The summed E-state index contributed by atoms with van der Waals surface area (Å²) in [7, 11) is 0. The SMILES string of the molecule is Nc1c(CCl)ccc(OC(F)(F)F)c1Br. The number of alkyl halides is 4. The third kappa shape index (κ3) is 3.17. The number of hydrogen-bond donors (Lipinski definition) is 1. The number of nitrogens with two attached hydrogens (primary N) is 1. The van der Waals surface area contributed by atoms with Crippen molar-refractivity contribution in [3.05, 3.63) is 22.2 Å². The molecule has 1 aromatic carbocycles. The molecule has 0 aliphatic rings. The zero-order valence-corrected chi connectivity index (χ0v) is 9.58. The first-order valence-corrected chi connectivity index (χ1v) is 5.06. The van der Waals surface area contributed by atoms with Gasteiger partial charge in [0.15, 0.2) is 0 Å². The highest BCUT2D eigenvalue weighted by molar-refractivity contribution is 9.10. The topological polar surface area (TPSA) is 35.2 Å². The molecular weight excluding hydrogens is 298 g/mol. The monoisotopic (exact) mass is 303 g/mol. The third-order valence-electron chi connectivity index (χ3n) is 1.60. The molecule has 0 saturated heterocycles. The van der Waals surface area contributed by atoms with Gasteiger partial charge in [0.2, 0.25) is 0 Å². The van der Waals surface area contributed by atoms with E-state index in [2.05, 4.69) is 20.7 Å². The maximum Gasteiger partial charge on any atom is 0.573 e. The van der Waals surface area contributed by atoms with Crippen molar-refractivity contribution >= 4 is 33.2 Å². The molecule has 0 amide bonds. The van der Waals surface area contributed by atoms with Crippen molar-refractivity contribution in [3.8, 4) is 5.75 Å². The van der Waals surface area contributed by atoms with Gasteiger partial charge in [-0.25, -0.2) is 0 Å². The van der Waals surface area contributed by atoms with Crippen LogP contribution in [-0.4, -0.2) is 6.36 Å². The number of anilines is 1. The molecule has 0 heterocycles. The maximum atomic E-state index is 11.9. The summed E-state index contributed by atoms with van der Waals surface area (Å²) in [5.41, 5.74) is 6.22. The summed E-state index contributed by atoms with van der Waals surface area (Å²) in [6, 6.07) is 2.54. The second-order valence-electron chi connectivity index (χ2n) is 2.63. The molecule has 0 fully saturated rings. The number of nitrogen functional groups attached to an aromatic ring is 1. The van der Waals surface area contributed by atoms with E-state index in [4.69, 9.17) is 17.3 Å². The molecule has 0 unspecified atom stereocenters. The van der Waals surface area contributed by atoms with Crippen molar-refractivity contribution in [2.45, 2.75) is 12.2 Å². The van der Waals surface area contributed by atoms with Crippen LogP contribution in [0.5, 0.6) is 5.75 Å². The van der Waals surface area contributed by atoms with Gasteiger partial charge in [-0.1, -0.05) is 6.07 Å². The van der Waals surface area contributed by atoms with E-state index in [1.165, 1.54) is 6.07 Å². The molecule has 0 aromatic heterocycles. The van der Waals surface area contributed by atoms with Crippen LogP contribution in [0.25, 0.3) is 0 Å². The smallest absolute Gasteiger partial charge is 0.405 e. The Morgan fingerprint density at radius 2 is 2.00 bits per heavy atom. The van der Waals surface area contributed by atoms with Crippen molar-refractivity contribution in [2.24, 2.45) is 0 Å². The summed E-state index contributed by atoms with van der Waals surface area (Å²) >= 11 is 8.44. The number of halogens is 5. The average Bonchev–Trinajstić information content (AvgIpc) is 2.11. The molecule has 0 spiro atoms. The quantitative estimate of drug-likeness (QED) is 0.668. The van der Waals surface area contributed by atoms with Crippen LogP contribution in [-0.2, 0) is 5.88 Å². The molecule has 0 saturated carbocycles. The second-order valence-corrected chi connectivity index (χ2v) is 3.69. The zero-order valence-electron chi connectivity index (χ0n) is 7.24. The lowest BCUT2D eigenvalue weighted by molar-refractivity contribution is -0.274. The van der Waals surface area contributed by atoms with Gasteiger partial charge in [-0.05, 0) is 27.6 Å². The van der Waals surface area contributed by atoms with E-state index in [1.807, 2.05) is 0 Å². The van der Waals surface area contributed by atoms with Crippen molar-refractivity contribution in [1.29, 1.82) is 0 Å². The van der Waals surface area contributed by atoms with Gasteiger partial charge >= 0.3 is 6.36 Å². The predicted octanol–water partition coefficient (Wildman–Crippen LogP) is 3.67. The largest absolute Gasteiger partial charge is 0.573 e. The molecule has 1 rings (SSSR count). The van der Waals surface area contributed by atoms with Gasteiger partial charge in [-0.3, -0.25) is 0 Å². The summed E-state index contributed by atoms with van der Waals surface area (Å²) in [5.74, 6) is -0.259. The van der Waals surface area contributed by atoms with Gasteiger partial charge in [-0.15, -0.1) is 24.8 Å². The summed E-state index contributed by atoms with van der Waals surface area (Å²) in [6.45, 7) is 0. The van der Waals surface area contributed by atoms with Crippen LogP contribution in [0.15, 0.2) is 16.6 Å². The molecule has 2 nitrogen and oxygen atoms in total. The lowest BCUT2D eigenvalue weighted by Gasteiger charge is -2.13. The number of benzene rings is 1. The molecule has 84 valence electrons. The van der Waals surface area contributed by atoms with Crippen LogP contribution in [0.3, 0.4) is 0 Å². The fourth-order valence-corrected chi connectivity index (χ4v) is 1.63.